The van der Waals surface area contributed by atoms with E-state index in [-0.39, 0.29) is 55.8 Å². The van der Waals surface area contributed by atoms with E-state index in [0.717, 1.165) is 17.2 Å². The zero-order chi connectivity index (χ0) is 32.4. The Labute approximate surface area is 254 Å². The van der Waals surface area contributed by atoms with Crippen LogP contribution in [0.3, 0.4) is 0 Å². The summed E-state index contributed by atoms with van der Waals surface area (Å²) >= 11 is 0. The van der Waals surface area contributed by atoms with Crippen molar-refractivity contribution >= 4 is 29.2 Å². The van der Waals surface area contributed by atoms with Crippen molar-refractivity contribution < 1.29 is 32.3 Å². The molecule has 0 fully saturated rings. The molecular weight excluding hydrogens is 573 g/mol. The van der Waals surface area contributed by atoms with E-state index in [1.54, 1.807) is 31.2 Å². The van der Waals surface area contributed by atoms with Crippen LogP contribution in [0.2, 0.25) is 0 Å². The van der Waals surface area contributed by atoms with Crippen molar-refractivity contribution in [3.05, 3.63) is 101 Å². The number of aryl methyl sites for hydroxylation is 1. The Morgan fingerprint density at radius 3 is 2.45 bits per heavy atom. The number of hydrogen-bond donors (Lipinski definition) is 3. The molecule has 0 radical (unpaired) electrons. The number of rotatable bonds is 12. The van der Waals surface area contributed by atoms with Crippen molar-refractivity contribution in [3.63, 3.8) is 0 Å². The van der Waals surface area contributed by atoms with E-state index in [1.165, 1.54) is 24.0 Å². The maximum Gasteiger partial charge on any atom is 0.416 e. The Kier molecular flexibility index (Phi) is 11.8. The minimum absolute atomic E-state index is 0.00191. The van der Waals surface area contributed by atoms with Crippen molar-refractivity contribution in [2.45, 2.75) is 64.3 Å². The number of Topliss-reactive ketones (excluding diaryl/α,β-unsaturated/α-hetero) is 1. The van der Waals surface area contributed by atoms with Gasteiger partial charge in [-0.05, 0) is 61.2 Å². The van der Waals surface area contributed by atoms with Crippen LogP contribution in [0.15, 0.2) is 78.9 Å². The van der Waals surface area contributed by atoms with Gasteiger partial charge in [-0.2, -0.15) is 13.2 Å². The summed E-state index contributed by atoms with van der Waals surface area (Å²) < 4.78 is 40.2. The van der Waals surface area contributed by atoms with Crippen molar-refractivity contribution in [1.82, 2.24) is 10.2 Å². The molecule has 0 saturated heterocycles. The second-order valence-corrected chi connectivity index (χ2v) is 10.6. The summed E-state index contributed by atoms with van der Waals surface area (Å²) in [5.74, 6) is -1.97. The maximum absolute atomic E-state index is 13.6. The number of nitrogens with zero attached hydrogens (tertiary/aromatic N) is 1. The molecular formula is C33H37F3N4O4. The lowest BCUT2D eigenvalue weighted by Crippen LogP contribution is -2.56. The molecule has 3 amide bonds. The average Bonchev–Trinajstić information content (AvgIpc) is 2.99. The molecule has 3 rings (SSSR count). The molecule has 2 aromatic rings. The monoisotopic (exact) mass is 610 g/mol. The molecule has 1 heterocycles. The Bertz CT molecular complexity index is 1470. The van der Waals surface area contributed by atoms with Crippen molar-refractivity contribution in [1.29, 1.82) is 0 Å². The highest BCUT2D eigenvalue weighted by Gasteiger charge is 2.36. The number of nitrogens with two attached hydrogens (primary N) is 1. The van der Waals surface area contributed by atoms with Crippen molar-refractivity contribution in [2.75, 3.05) is 11.9 Å². The number of anilines is 1. The fraction of sp³-hybridized carbons (Fsp3) is 0.333. The first-order valence-electron chi connectivity index (χ1n) is 14.2. The first kappa shape index (κ1) is 34.0. The summed E-state index contributed by atoms with van der Waals surface area (Å²) in [5, 5.41) is 5.10. The van der Waals surface area contributed by atoms with E-state index < -0.39 is 41.5 Å². The largest absolute Gasteiger partial charge is 0.416 e. The van der Waals surface area contributed by atoms with Gasteiger partial charge in [-0.1, -0.05) is 61.2 Å². The number of hydrogen-bond acceptors (Lipinski definition) is 5. The summed E-state index contributed by atoms with van der Waals surface area (Å²) in [5.41, 5.74) is 6.92. The molecule has 2 atom stereocenters. The molecule has 0 aliphatic carbocycles. The second-order valence-electron chi connectivity index (χ2n) is 10.6. The lowest BCUT2D eigenvalue weighted by Gasteiger charge is -2.36. The SMILES string of the molecule is C=C/C=C\C=C(/C)C(=O)CCC(=O)N1Cc2ccccc2C[C@H]1C(=O)N[C@@H](CCN)C(=O)Nc1ccc(C)c(C(F)(F)F)c1. The molecule has 1 aliphatic heterocycles. The molecule has 8 nitrogen and oxygen atoms in total. The first-order valence-corrected chi connectivity index (χ1v) is 14.2. The van der Waals surface area contributed by atoms with E-state index in [1.807, 2.05) is 24.3 Å². The number of allylic oxidation sites excluding steroid dienone is 5. The number of carbonyl (C=O) groups excluding carboxylic acids is 4. The van der Waals surface area contributed by atoms with Gasteiger partial charge in [0.1, 0.15) is 12.1 Å². The predicted molar refractivity (Wildman–Crippen MR) is 162 cm³/mol. The van der Waals surface area contributed by atoms with Crippen LogP contribution < -0.4 is 16.4 Å². The van der Waals surface area contributed by atoms with Gasteiger partial charge < -0.3 is 21.3 Å². The molecule has 0 bridgehead atoms. The Morgan fingerprint density at radius 2 is 1.80 bits per heavy atom. The molecule has 11 heteroatoms. The van der Waals surface area contributed by atoms with Crippen molar-refractivity contribution in [2.24, 2.45) is 5.73 Å². The minimum atomic E-state index is -4.61. The molecule has 234 valence electrons. The predicted octanol–water partition coefficient (Wildman–Crippen LogP) is 4.78. The van der Waals surface area contributed by atoms with E-state index in [0.29, 0.717) is 5.57 Å². The van der Waals surface area contributed by atoms with Gasteiger partial charge >= 0.3 is 6.18 Å². The zero-order valence-corrected chi connectivity index (χ0v) is 24.7. The Balaban J connectivity index is 1.78. The number of alkyl halides is 3. The topological polar surface area (TPSA) is 122 Å². The molecule has 0 spiro atoms. The standard InChI is InChI=1S/C33H37F3N4O4/c1-4-5-6-9-22(3)29(41)14-15-30(42)40-20-24-11-8-7-10-23(24)18-28(40)32(44)39-27(16-17-37)31(43)38-25-13-12-21(2)26(19-25)33(34,35)36/h4-13,19,27-28H,1,14-18,20,37H2,2-3H3,(H,38,43)(H,39,44)/b6-5-,22-9+/t27-,28-/m0/s1. The third kappa shape index (κ3) is 9.00. The highest BCUT2D eigenvalue weighted by molar-refractivity contribution is 5.99. The summed E-state index contributed by atoms with van der Waals surface area (Å²) in [4.78, 5) is 54.1. The highest BCUT2D eigenvalue weighted by Crippen LogP contribution is 2.33. The summed E-state index contributed by atoms with van der Waals surface area (Å²) in [6.07, 6.45) is 1.96. The summed E-state index contributed by atoms with van der Waals surface area (Å²) in [6.45, 7) is 6.68. The third-order valence-electron chi connectivity index (χ3n) is 7.37. The van der Waals surface area contributed by atoms with Gasteiger partial charge in [-0.15, -0.1) is 0 Å². The van der Waals surface area contributed by atoms with Gasteiger partial charge in [-0.25, -0.2) is 0 Å². The molecule has 0 unspecified atom stereocenters. The van der Waals surface area contributed by atoms with Gasteiger partial charge in [0.2, 0.25) is 17.7 Å². The first-order chi connectivity index (χ1) is 20.8. The van der Waals surface area contributed by atoms with Crippen LogP contribution in [0.1, 0.15) is 48.4 Å². The Hall–Kier alpha value is -4.51. The fourth-order valence-corrected chi connectivity index (χ4v) is 4.89. The van der Waals surface area contributed by atoms with Gasteiger partial charge in [0, 0.05) is 31.5 Å². The molecule has 0 aromatic heterocycles. The number of carbonyl (C=O) groups is 4. The second kappa shape index (κ2) is 15.3. The molecule has 1 aliphatic rings. The van der Waals surface area contributed by atoms with Crippen molar-refractivity contribution in [3.8, 4) is 0 Å². The molecule has 2 aromatic carbocycles. The fourth-order valence-electron chi connectivity index (χ4n) is 4.89. The third-order valence-corrected chi connectivity index (χ3v) is 7.37. The van der Waals surface area contributed by atoms with E-state index in [4.69, 9.17) is 5.73 Å². The van der Waals surface area contributed by atoms with E-state index >= 15 is 0 Å². The highest BCUT2D eigenvalue weighted by atomic mass is 19.4. The lowest BCUT2D eigenvalue weighted by molar-refractivity contribution is -0.143. The van der Waals surface area contributed by atoms with Crippen LogP contribution in [-0.2, 0) is 38.3 Å². The number of nitrogens with one attached hydrogen (secondary N) is 2. The van der Waals surface area contributed by atoms with Crippen LogP contribution in [-0.4, -0.2) is 47.0 Å². The maximum atomic E-state index is 13.6. The van der Waals surface area contributed by atoms with Gasteiger partial charge in [-0.3, -0.25) is 19.2 Å². The zero-order valence-electron chi connectivity index (χ0n) is 24.7. The number of fused-ring (bicyclic) bond motifs is 1. The smallest absolute Gasteiger partial charge is 0.342 e. The number of benzene rings is 2. The minimum Gasteiger partial charge on any atom is -0.342 e. The van der Waals surface area contributed by atoms with Crippen LogP contribution >= 0.6 is 0 Å². The molecule has 4 N–H and O–H groups in total. The average molecular weight is 611 g/mol. The van der Waals surface area contributed by atoms with Crippen LogP contribution in [0.25, 0.3) is 0 Å². The lowest BCUT2D eigenvalue weighted by atomic mass is 9.92. The number of halogens is 3. The van der Waals surface area contributed by atoms with Gasteiger partial charge in [0.25, 0.3) is 0 Å². The Morgan fingerprint density at radius 1 is 1.09 bits per heavy atom. The van der Waals surface area contributed by atoms with Crippen LogP contribution in [0.4, 0.5) is 18.9 Å². The quantitative estimate of drug-likeness (QED) is 0.236. The summed E-state index contributed by atoms with van der Waals surface area (Å²) in [7, 11) is 0. The normalized spacial score (nSPS) is 15.8. The molecule has 44 heavy (non-hydrogen) atoms. The molecule has 0 saturated carbocycles. The summed E-state index contributed by atoms with van der Waals surface area (Å²) in [6, 6.07) is 8.63. The number of amides is 3. The van der Waals surface area contributed by atoms with Gasteiger partial charge in [0.05, 0.1) is 5.56 Å². The van der Waals surface area contributed by atoms with Crippen LogP contribution in [0.5, 0.6) is 0 Å². The van der Waals surface area contributed by atoms with Crippen LogP contribution in [0, 0.1) is 6.92 Å². The number of ketones is 1. The van der Waals surface area contributed by atoms with E-state index in [2.05, 4.69) is 17.2 Å². The van der Waals surface area contributed by atoms with E-state index in [9.17, 15) is 32.3 Å². The van der Waals surface area contributed by atoms with Gasteiger partial charge in [0.15, 0.2) is 5.78 Å².